The first-order valence-corrected chi connectivity index (χ1v) is 12.6. The molecule has 2 atom stereocenters. The van der Waals surface area contributed by atoms with Gasteiger partial charge in [-0.25, -0.2) is 4.79 Å². The van der Waals surface area contributed by atoms with E-state index in [9.17, 15) is 14.4 Å². The molecular weight excluding hydrogens is 458 g/mol. The van der Waals surface area contributed by atoms with Crippen molar-refractivity contribution in [2.45, 2.75) is 24.4 Å². The molecule has 0 aromatic heterocycles. The van der Waals surface area contributed by atoms with Crippen LogP contribution in [-0.2, 0) is 19.1 Å². The normalized spacial score (nSPS) is 19.7. The van der Waals surface area contributed by atoms with Gasteiger partial charge in [-0.05, 0) is 11.1 Å². The molecule has 2 aromatic rings. The van der Waals surface area contributed by atoms with Crippen LogP contribution < -0.4 is 11.1 Å². The number of nitrogens with two attached hydrogens (primary N) is 1. The number of β-lactam (4-membered cyclic amide) rings is 1. The quantitative estimate of drug-likeness (QED) is 0.338. The zero-order valence-corrected chi connectivity index (χ0v) is 19.7. The highest BCUT2D eigenvalue weighted by Crippen LogP contribution is 2.43. The topological polar surface area (TPSA) is 102 Å². The fourth-order valence-corrected chi connectivity index (χ4v) is 6.18. The van der Waals surface area contributed by atoms with Crippen molar-refractivity contribution in [1.29, 1.82) is 0 Å². The molecule has 33 heavy (non-hydrogen) atoms. The number of benzene rings is 2. The molecule has 2 aromatic carbocycles. The van der Waals surface area contributed by atoms with Crippen LogP contribution in [0.1, 0.15) is 24.2 Å². The predicted octanol–water partition coefficient (Wildman–Crippen LogP) is 2.64. The van der Waals surface area contributed by atoms with E-state index < -0.39 is 18.1 Å². The number of amides is 2. The van der Waals surface area contributed by atoms with Crippen LogP contribution in [0.15, 0.2) is 71.3 Å². The van der Waals surface area contributed by atoms with Gasteiger partial charge in [-0.1, -0.05) is 60.7 Å². The maximum atomic E-state index is 13.5. The summed E-state index contributed by atoms with van der Waals surface area (Å²) < 4.78 is 6.05. The monoisotopic (exact) mass is 483 g/mol. The molecule has 172 valence electrons. The summed E-state index contributed by atoms with van der Waals surface area (Å²) in [5.74, 6) is 0.180. The molecule has 2 heterocycles. The molecule has 0 radical (unpaired) electrons. The van der Waals surface area contributed by atoms with Crippen molar-refractivity contribution in [3.8, 4) is 0 Å². The van der Waals surface area contributed by atoms with Gasteiger partial charge in [-0.3, -0.25) is 14.5 Å². The van der Waals surface area contributed by atoms with Crippen molar-refractivity contribution in [2.24, 2.45) is 5.73 Å². The minimum atomic E-state index is -0.622. The average molecular weight is 484 g/mol. The van der Waals surface area contributed by atoms with E-state index in [1.165, 1.54) is 35.3 Å². The van der Waals surface area contributed by atoms with Crippen LogP contribution in [0.25, 0.3) is 0 Å². The van der Waals surface area contributed by atoms with E-state index in [1.54, 1.807) is 0 Å². The smallest absolute Gasteiger partial charge is 0.356 e. The van der Waals surface area contributed by atoms with Crippen molar-refractivity contribution in [1.82, 2.24) is 10.2 Å². The summed E-state index contributed by atoms with van der Waals surface area (Å²) in [6, 6.07) is 18.4. The number of hydrogen-bond donors (Lipinski definition) is 2. The molecule has 0 aliphatic carbocycles. The molecule has 2 aliphatic rings. The van der Waals surface area contributed by atoms with Crippen LogP contribution in [0.2, 0.25) is 0 Å². The van der Waals surface area contributed by atoms with Crippen LogP contribution in [0.4, 0.5) is 0 Å². The Balaban J connectivity index is 1.62. The number of nitrogens with one attached hydrogen (secondary N) is 1. The van der Waals surface area contributed by atoms with E-state index in [1.807, 2.05) is 60.7 Å². The third-order valence-corrected chi connectivity index (χ3v) is 7.93. The number of nitrogens with zero attached hydrogens (tertiary/aromatic N) is 1. The summed E-state index contributed by atoms with van der Waals surface area (Å²) in [4.78, 5) is 39.5. The lowest BCUT2D eigenvalue weighted by Crippen LogP contribution is -2.68. The second-order valence-electron chi connectivity index (χ2n) is 7.65. The van der Waals surface area contributed by atoms with Crippen LogP contribution in [0.5, 0.6) is 0 Å². The molecule has 1 fully saturated rings. The van der Waals surface area contributed by atoms with Gasteiger partial charge >= 0.3 is 5.97 Å². The molecular formula is C24H25N3O4S2. The molecule has 9 heteroatoms. The van der Waals surface area contributed by atoms with E-state index in [4.69, 9.17) is 10.5 Å². The van der Waals surface area contributed by atoms with E-state index in [0.29, 0.717) is 18.1 Å². The van der Waals surface area contributed by atoms with Gasteiger partial charge in [-0.15, -0.1) is 23.5 Å². The van der Waals surface area contributed by atoms with E-state index >= 15 is 0 Å². The first kappa shape index (κ1) is 23.4. The lowest BCUT2D eigenvalue weighted by molar-refractivity contribution is -0.152. The molecule has 0 bridgehead atoms. The van der Waals surface area contributed by atoms with Gasteiger partial charge < -0.3 is 15.8 Å². The number of hydrogen-bond acceptors (Lipinski definition) is 7. The van der Waals surface area contributed by atoms with Crippen molar-refractivity contribution < 1.29 is 19.1 Å². The van der Waals surface area contributed by atoms with Gasteiger partial charge in [0.1, 0.15) is 17.1 Å². The predicted molar refractivity (Wildman–Crippen MR) is 130 cm³/mol. The number of rotatable bonds is 8. The van der Waals surface area contributed by atoms with Crippen molar-refractivity contribution in [3.05, 3.63) is 82.4 Å². The van der Waals surface area contributed by atoms with Crippen molar-refractivity contribution >= 4 is 41.3 Å². The van der Waals surface area contributed by atoms with Crippen LogP contribution in [0, 0.1) is 0 Å². The van der Waals surface area contributed by atoms with Crippen LogP contribution in [-0.4, -0.2) is 52.1 Å². The van der Waals surface area contributed by atoms with Gasteiger partial charge in [0.25, 0.3) is 0 Å². The zero-order chi connectivity index (χ0) is 23.4. The first-order chi connectivity index (χ1) is 16.0. The van der Waals surface area contributed by atoms with Gasteiger partial charge in [0, 0.05) is 29.9 Å². The summed E-state index contributed by atoms with van der Waals surface area (Å²) in [6.45, 7) is 1.92. The Kier molecular flexibility index (Phi) is 7.42. The molecule has 2 amide bonds. The Labute approximate surface area is 201 Å². The van der Waals surface area contributed by atoms with Crippen LogP contribution in [0.3, 0.4) is 0 Å². The Morgan fingerprint density at radius 2 is 1.76 bits per heavy atom. The number of esters is 1. The first-order valence-electron chi connectivity index (χ1n) is 10.6. The van der Waals surface area contributed by atoms with E-state index in [-0.39, 0.29) is 22.9 Å². The van der Waals surface area contributed by atoms with Crippen LogP contribution >= 0.6 is 23.5 Å². The number of carbonyl (C=O) groups is 3. The molecule has 4 rings (SSSR count). The Morgan fingerprint density at radius 1 is 1.15 bits per heavy atom. The molecule has 1 saturated heterocycles. The lowest BCUT2D eigenvalue weighted by Gasteiger charge is -2.48. The van der Waals surface area contributed by atoms with Gasteiger partial charge in [0.15, 0.2) is 6.10 Å². The molecule has 7 nitrogen and oxygen atoms in total. The highest BCUT2D eigenvalue weighted by atomic mass is 32.2. The van der Waals surface area contributed by atoms with Crippen molar-refractivity contribution in [3.63, 3.8) is 0 Å². The largest absolute Gasteiger partial charge is 0.448 e. The highest BCUT2D eigenvalue weighted by Gasteiger charge is 2.52. The third-order valence-electron chi connectivity index (χ3n) is 5.35. The molecule has 0 saturated carbocycles. The number of carbonyl (C=O) groups excluding carboxylic acids is 3. The van der Waals surface area contributed by atoms with Gasteiger partial charge in [0.05, 0.1) is 0 Å². The molecule has 0 unspecified atom stereocenters. The summed E-state index contributed by atoms with van der Waals surface area (Å²) >= 11 is 2.98. The summed E-state index contributed by atoms with van der Waals surface area (Å²) in [5, 5.41) is 2.48. The SMILES string of the molecule is CC(=O)NCCSC1=C(C(=O)OC(c2ccccc2)c2ccccc2)N2C(=O)[C@@H](N)[C@@H]2SC1. The number of fused-ring (bicyclic) bond motifs is 1. The third kappa shape index (κ3) is 5.10. The van der Waals surface area contributed by atoms with E-state index in [2.05, 4.69) is 5.32 Å². The van der Waals surface area contributed by atoms with Gasteiger partial charge in [0.2, 0.25) is 11.8 Å². The molecule has 2 aliphatic heterocycles. The molecule has 0 spiro atoms. The zero-order valence-electron chi connectivity index (χ0n) is 18.1. The summed E-state index contributed by atoms with van der Waals surface area (Å²) in [7, 11) is 0. The summed E-state index contributed by atoms with van der Waals surface area (Å²) in [6.07, 6.45) is -0.615. The standard InChI is InChI=1S/C24H25N3O4S2/c1-15(28)26-12-13-32-18-14-33-23-19(25)22(29)27(23)20(18)24(30)31-21(16-8-4-2-5-9-16)17-10-6-3-7-11-17/h2-11,19,21,23H,12-14,25H2,1H3,(H,26,28)/t19-,23+/m1/s1. The Bertz CT molecular complexity index is 1020. The lowest BCUT2D eigenvalue weighted by atomic mass is 10.0. The minimum absolute atomic E-state index is 0.111. The van der Waals surface area contributed by atoms with Gasteiger partial charge in [-0.2, -0.15) is 0 Å². The number of ether oxygens (including phenoxy) is 1. The average Bonchev–Trinajstić information content (AvgIpc) is 2.85. The second kappa shape index (κ2) is 10.5. The molecule has 3 N–H and O–H groups in total. The fraction of sp³-hybridized carbons (Fsp3) is 0.292. The Hall–Kier alpha value is -2.75. The van der Waals surface area contributed by atoms with E-state index in [0.717, 1.165) is 16.0 Å². The fourth-order valence-electron chi connectivity index (χ4n) is 3.74. The van der Waals surface area contributed by atoms with Crippen molar-refractivity contribution in [2.75, 3.05) is 18.1 Å². The summed E-state index contributed by atoms with van der Waals surface area (Å²) in [5.41, 5.74) is 7.92. The minimum Gasteiger partial charge on any atom is -0.448 e. The second-order valence-corrected chi connectivity index (χ2v) is 9.94. The maximum Gasteiger partial charge on any atom is 0.356 e. The highest BCUT2D eigenvalue weighted by molar-refractivity contribution is 8.06. The maximum absolute atomic E-state index is 13.5. The number of thioether (sulfide) groups is 2. The Morgan fingerprint density at radius 3 is 2.33 bits per heavy atom.